The first-order valence-electron chi connectivity index (χ1n) is 7.11. The molecule has 0 saturated heterocycles. The summed E-state index contributed by atoms with van der Waals surface area (Å²) in [6, 6.07) is 19.7. The Balaban J connectivity index is 2.35. The molecule has 0 aliphatic rings. The Bertz CT molecular complexity index is 549. The van der Waals surface area contributed by atoms with Gasteiger partial charge < -0.3 is 0 Å². The van der Waals surface area contributed by atoms with Crippen LogP contribution in [-0.2, 0) is 0 Å². The normalized spacial score (nSPS) is 12.9. The Kier molecular flexibility index (Phi) is 4.39. The van der Waals surface area contributed by atoms with Gasteiger partial charge in [0.1, 0.15) is 0 Å². The van der Waals surface area contributed by atoms with Gasteiger partial charge in [-0.25, -0.2) is 0 Å². The predicted octanol–water partition coefficient (Wildman–Crippen LogP) is 5.09. The number of carbonyl (C=O) groups is 1. The second-order valence-corrected chi connectivity index (χ2v) is 6.46. The van der Waals surface area contributed by atoms with Crippen molar-refractivity contribution >= 4 is 5.78 Å². The van der Waals surface area contributed by atoms with Gasteiger partial charge in [-0.3, -0.25) is 4.79 Å². The molecule has 0 aliphatic carbocycles. The predicted molar refractivity (Wildman–Crippen MR) is 84.0 cm³/mol. The van der Waals surface area contributed by atoms with Crippen molar-refractivity contribution in [2.24, 2.45) is 5.41 Å². The smallest absolute Gasteiger partial charge is 0.170 e. The van der Waals surface area contributed by atoms with Crippen LogP contribution in [-0.4, -0.2) is 5.78 Å². The molecule has 0 aromatic heterocycles. The summed E-state index contributed by atoms with van der Waals surface area (Å²) in [5, 5.41) is 0. The molecule has 2 rings (SSSR count). The van der Waals surface area contributed by atoms with Gasteiger partial charge >= 0.3 is 0 Å². The van der Waals surface area contributed by atoms with Crippen LogP contribution in [0.4, 0.5) is 0 Å². The number of carbonyl (C=O) groups excluding carboxylic acids is 1. The lowest BCUT2D eigenvalue weighted by molar-refractivity contribution is 0.0935. The lowest BCUT2D eigenvalue weighted by Gasteiger charge is -2.25. The van der Waals surface area contributed by atoms with Crippen LogP contribution in [0.2, 0.25) is 0 Å². The topological polar surface area (TPSA) is 17.1 Å². The zero-order valence-electron chi connectivity index (χ0n) is 12.5. The molecular formula is C19H22O. The number of ketones is 1. The summed E-state index contributed by atoms with van der Waals surface area (Å²) in [6.07, 6.45) is 0.852. The zero-order valence-corrected chi connectivity index (χ0v) is 12.5. The first-order valence-corrected chi connectivity index (χ1v) is 7.11. The van der Waals surface area contributed by atoms with Crippen molar-refractivity contribution in [2.75, 3.05) is 0 Å². The molecule has 1 atom stereocenters. The number of rotatable bonds is 4. The molecule has 0 aliphatic heterocycles. The van der Waals surface area contributed by atoms with E-state index in [1.165, 1.54) is 0 Å². The van der Waals surface area contributed by atoms with Gasteiger partial charge in [0.2, 0.25) is 0 Å². The molecule has 104 valence electrons. The lowest BCUT2D eigenvalue weighted by atomic mass is 9.78. The number of hydrogen-bond donors (Lipinski definition) is 0. The largest absolute Gasteiger partial charge is 0.293 e. The van der Waals surface area contributed by atoms with Gasteiger partial charge in [0.15, 0.2) is 5.78 Å². The van der Waals surface area contributed by atoms with E-state index in [1.807, 2.05) is 48.5 Å². The minimum absolute atomic E-state index is 0.0707. The van der Waals surface area contributed by atoms with Crippen LogP contribution in [0.15, 0.2) is 60.7 Å². The molecule has 0 heterocycles. The number of benzene rings is 2. The van der Waals surface area contributed by atoms with E-state index in [2.05, 4.69) is 32.9 Å². The van der Waals surface area contributed by atoms with Gasteiger partial charge in [-0.15, -0.1) is 0 Å². The molecule has 0 spiro atoms. The van der Waals surface area contributed by atoms with Crippen molar-refractivity contribution in [3.63, 3.8) is 0 Å². The highest BCUT2D eigenvalue weighted by Crippen LogP contribution is 2.33. The second-order valence-electron chi connectivity index (χ2n) is 6.46. The van der Waals surface area contributed by atoms with Crippen LogP contribution in [0, 0.1) is 5.41 Å². The summed E-state index contributed by atoms with van der Waals surface area (Å²) in [5.74, 6) is 0.144. The fourth-order valence-electron chi connectivity index (χ4n) is 2.46. The van der Waals surface area contributed by atoms with Gasteiger partial charge in [0.05, 0.1) is 0 Å². The summed E-state index contributed by atoms with van der Waals surface area (Å²) in [6.45, 7) is 6.55. The Morgan fingerprint density at radius 2 is 1.40 bits per heavy atom. The van der Waals surface area contributed by atoms with Crippen molar-refractivity contribution in [3.05, 3.63) is 71.8 Å². The van der Waals surface area contributed by atoms with Crippen LogP contribution in [0.3, 0.4) is 0 Å². The van der Waals surface area contributed by atoms with E-state index >= 15 is 0 Å². The van der Waals surface area contributed by atoms with Gasteiger partial charge in [0, 0.05) is 11.5 Å². The zero-order chi connectivity index (χ0) is 14.6. The van der Waals surface area contributed by atoms with Gasteiger partial charge in [-0.05, 0) is 17.4 Å². The molecule has 0 N–H and O–H groups in total. The molecule has 0 bridgehead atoms. The summed E-state index contributed by atoms with van der Waals surface area (Å²) in [5.41, 5.74) is 2.02. The highest BCUT2D eigenvalue weighted by molar-refractivity contribution is 6.00. The highest BCUT2D eigenvalue weighted by Gasteiger charge is 2.26. The van der Waals surface area contributed by atoms with Gasteiger partial charge in [-0.1, -0.05) is 81.4 Å². The Labute approximate surface area is 121 Å². The first-order chi connectivity index (χ1) is 9.47. The van der Waals surface area contributed by atoms with E-state index in [0.29, 0.717) is 0 Å². The summed E-state index contributed by atoms with van der Waals surface area (Å²) >= 11 is 0. The SMILES string of the molecule is CC(C)(C)CC(C(=O)c1ccccc1)c1ccccc1. The molecule has 0 amide bonds. The third-order valence-corrected chi connectivity index (χ3v) is 3.39. The van der Waals surface area contributed by atoms with E-state index in [9.17, 15) is 4.79 Å². The Morgan fingerprint density at radius 1 is 0.900 bits per heavy atom. The Morgan fingerprint density at radius 3 is 1.90 bits per heavy atom. The number of Topliss-reactive ketones (excluding diaryl/α,β-unsaturated/α-hetero) is 1. The molecule has 2 aromatic carbocycles. The number of hydrogen-bond acceptors (Lipinski definition) is 1. The Hall–Kier alpha value is -1.89. The van der Waals surface area contributed by atoms with E-state index in [4.69, 9.17) is 0 Å². The molecule has 0 radical (unpaired) electrons. The quantitative estimate of drug-likeness (QED) is 0.704. The molecular weight excluding hydrogens is 244 g/mol. The van der Waals surface area contributed by atoms with Crippen LogP contribution in [0.1, 0.15) is 49.0 Å². The third-order valence-electron chi connectivity index (χ3n) is 3.39. The summed E-state index contributed by atoms with van der Waals surface area (Å²) < 4.78 is 0. The molecule has 1 unspecified atom stereocenters. The van der Waals surface area contributed by atoms with Crippen LogP contribution >= 0.6 is 0 Å². The summed E-state index contributed by atoms with van der Waals surface area (Å²) in [4.78, 5) is 12.8. The van der Waals surface area contributed by atoms with Crippen molar-refractivity contribution in [1.82, 2.24) is 0 Å². The minimum Gasteiger partial charge on any atom is -0.293 e. The van der Waals surface area contributed by atoms with Crippen molar-refractivity contribution in [2.45, 2.75) is 33.1 Å². The standard InChI is InChI=1S/C19H22O/c1-19(2,3)14-17(15-10-6-4-7-11-15)18(20)16-12-8-5-9-13-16/h4-13,17H,14H2,1-3H3. The second kappa shape index (κ2) is 6.04. The van der Waals surface area contributed by atoms with Gasteiger partial charge in [-0.2, -0.15) is 0 Å². The highest BCUT2D eigenvalue weighted by atomic mass is 16.1. The molecule has 20 heavy (non-hydrogen) atoms. The monoisotopic (exact) mass is 266 g/mol. The van der Waals surface area contributed by atoms with E-state index in [0.717, 1.165) is 17.5 Å². The molecule has 1 nitrogen and oxygen atoms in total. The molecule has 2 aromatic rings. The van der Waals surface area contributed by atoms with Crippen LogP contribution < -0.4 is 0 Å². The maximum absolute atomic E-state index is 12.8. The van der Waals surface area contributed by atoms with Crippen molar-refractivity contribution < 1.29 is 4.79 Å². The fraction of sp³-hybridized carbons (Fsp3) is 0.316. The lowest BCUT2D eigenvalue weighted by Crippen LogP contribution is -2.19. The van der Waals surface area contributed by atoms with Gasteiger partial charge in [0.25, 0.3) is 0 Å². The third kappa shape index (κ3) is 3.80. The molecule has 0 saturated carbocycles. The van der Waals surface area contributed by atoms with Crippen molar-refractivity contribution in [1.29, 1.82) is 0 Å². The van der Waals surface area contributed by atoms with E-state index < -0.39 is 0 Å². The molecule has 0 fully saturated rings. The summed E-state index contributed by atoms with van der Waals surface area (Å²) in [7, 11) is 0. The van der Waals surface area contributed by atoms with Crippen LogP contribution in [0.25, 0.3) is 0 Å². The van der Waals surface area contributed by atoms with E-state index in [-0.39, 0.29) is 17.1 Å². The molecule has 1 heteroatoms. The van der Waals surface area contributed by atoms with E-state index in [1.54, 1.807) is 0 Å². The minimum atomic E-state index is -0.0707. The first kappa shape index (κ1) is 14.5. The maximum atomic E-state index is 12.8. The average molecular weight is 266 g/mol. The van der Waals surface area contributed by atoms with Crippen molar-refractivity contribution in [3.8, 4) is 0 Å². The fourth-order valence-corrected chi connectivity index (χ4v) is 2.46. The maximum Gasteiger partial charge on any atom is 0.170 e. The van der Waals surface area contributed by atoms with Crippen LogP contribution in [0.5, 0.6) is 0 Å². The average Bonchev–Trinajstić information content (AvgIpc) is 2.45.